The summed E-state index contributed by atoms with van der Waals surface area (Å²) in [6.45, 7) is 13.3. The molecule has 0 saturated heterocycles. The Labute approximate surface area is 179 Å². The van der Waals surface area contributed by atoms with Crippen molar-refractivity contribution in [1.82, 2.24) is 0 Å². The van der Waals surface area contributed by atoms with Crippen molar-refractivity contribution in [2.24, 2.45) is 0 Å². The predicted octanol–water partition coefficient (Wildman–Crippen LogP) is 5.91. The Morgan fingerprint density at radius 3 is 1.67 bits per heavy atom. The number of hydrogen-bond acceptors (Lipinski definition) is 6. The lowest BCUT2D eigenvalue weighted by molar-refractivity contribution is 0.174. The van der Waals surface area contributed by atoms with E-state index < -0.39 is 8.56 Å². The standard InChI is InChI=1S/C23H30O6Si/c1-22(2,3)30(23(4,5)6)28-16-11-19(25-8)18(24-7)9-14(16)15-10-20-21(27-13-26-20)12-17(15)29-30/h9-12H,13H2,1-8H3. The second-order valence-electron chi connectivity index (χ2n) is 9.73. The lowest BCUT2D eigenvalue weighted by Gasteiger charge is -2.47. The molecule has 7 heteroatoms. The summed E-state index contributed by atoms with van der Waals surface area (Å²) in [5.41, 5.74) is 1.77. The van der Waals surface area contributed by atoms with Gasteiger partial charge in [-0.3, -0.25) is 0 Å². The number of rotatable bonds is 2. The number of hydrogen-bond donors (Lipinski definition) is 0. The molecular weight excluding hydrogens is 400 g/mol. The van der Waals surface area contributed by atoms with Gasteiger partial charge in [-0.05, 0) is 12.1 Å². The lowest BCUT2D eigenvalue weighted by atomic mass is 10.0. The van der Waals surface area contributed by atoms with Gasteiger partial charge in [-0.15, -0.1) is 0 Å². The highest BCUT2D eigenvalue weighted by Crippen LogP contribution is 2.58. The van der Waals surface area contributed by atoms with E-state index >= 15 is 0 Å². The molecule has 0 bridgehead atoms. The topological polar surface area (TPSA) is 55.4 Å². The van der Waals surface area contributed by atoms with E-state index in [1.165, 1.54) is 0 Å². The smallest absolute Gasteiger partial charge is 0.471 e. The number of benzene rings is 2. The van der Waals surface area contributed by atoms with Crippen molar-refractivity contribution in [2.45, 2.75) is 51.6 Å². The molecule has 2 aliphatic heterocycles. The van der Waals surface area contributed by atoms with E-state index in [4.69, 9.17) is 27.8 Å². The van der Waals surface area contributed by atoms with Crippen LogP contribution in [0, 0.1) is 0 Å². The Morgan fingerprint density at radius 2 is 1.13 bits per heavy atom. The highest BCUT2D eigenvalue weighted by atomic mass is 28.4. The summed E-state index contributed by atoms with van der Waals surface area (Å²) < 4.78 is 36.3. The molecule has 0 amide bonds. The third-order valence-corrected chi connectivity index (χ3v) is 10.7. The monoisotopic (exact) mass is 430 g/mol. The van der Waals surface area contributed by atoms with Gasteiger partial charge in [0, 0.05) is 33.3 Å². The third-order valence-electron chi connectivity index (χ3n) is 5.73. The zero-order chi connectivity index (χ0) is 21.9. The molecule has 0 N–H and O–H groups in total. The quantitative estimate of drug-likeness (QED) is 0.552. The lowest BCUT2D eigenvalue weighted by Crippen LogP contribution is -2.62. The first-order valence-electron chi connectivity index (χ1n) is 10.1. The Bertz CT molecular complexity index is 973. The maximum absolute atomic E-state index is 6.93. The fourth-order valence-electron chi connectivity index (χ4n) is 4.44. The molecule has 0 unspecified atom stereocenters. The van der Waals surface area contributed by atoms with Crippen LogP contribution in [0.25, 0.3) is 11.1 Å². The van der Waals surface area contributed by atoms with E-state index in [2.05, 4.69) is 41.5 Å². The minimum Gasteiger partial charge on any atom is -0.511 e. The maximum atomic E-state index is 6.93. The maximum Gasteiger partial charge on any atom is 0.471 e. The van der Waals surface area contributed by atoms with Gasteiger partial charge >= 0.3 is 8.56 Å². The Kier molecular flexibility index (Phi) is 4.65. The number of fused-ring (bicyclic) bond motifs is 4. The summed E-state index contributed by atoms with van der Waals surface area (Å²) in [4.78, 5) is 0. The Balaban J connectivity index is 2.06. The largest absolute Gasteiger partial charge is 0.511 e. The minimum atomic E-state index is -2.93. The SMILES string of the molecule is COc1cc2c(cc1OC)-c1cc3c(cc1O[Si](C(C)(C)C)(C(C)(C)C)O2)OCO3. The highest BCUT2D eigenvalue weighted by Gasteiger charge is 2.63. The van der Waals surface area contributed by atoms with Crippen LogP contribution in [0.15, 0.2) is 24.3 Å². The Morgan fingerprint density at radius 1 is 0.667 bits per heavy atom. The molecule has 2 aromatic rings. The summed E-state index contributed by atoms with van der Waals surface area (Å²) in [6, 6.07) is 7.72. The Hall–Kier alpha value is -2.54. The molecule has 4 rings (SSSR count). The molecule has 2 aliphatic rings. The minimum absolute atomic E-state index is 0.203. The van der Waals surface area contributed by atoms with Crippen molar-refractivity contribution in [3.05, 3.63) is 24.3 Å². The van der Waals surface area contributed by atoms with Crippen LogP contribution < -0.4 is 27.8 Å². The van der Waals surface area contributed by atoms with Crippen molar-refractivity contribution in [3.8, 4) is 45.6 Å². The molecule has 0 fully saturated rings. The molecular formula is C23H30O6Si. The van der Waals surface area contributed by atoms with Crippen molar-refractivity contribution in [3.63, 3.8) is 0 Å². The van der Waals surface area contributed by atoms with Crippen LogP contribution in [0.5, 0.6) is 34.5 Å². The first-order chi connectivity index (χ1) is 14.0. The van der Waals surface area contributed by atoms with Gasteiger partial charge in [0.15, 0.2) is 23.0 Å². The van der Waals surface area contributed by atoms with Gasteiger partial charge in [0.25, 0.3) is 0 Å². The number of methoxy groups -OCH3 is 2. The van der Waals surface area contributed by atoms with Crippen LogP contribution in [0.3, 0.4) is 0 Å². The van der Waals surface area contributed by atoms with E-state index in [1.54, 1.807) is 14.2 Å². The van der Waals surface area contributed by atoms with Crippen molar-refractivity contribution >= 4 is 8.56 Å². The molecule has 162 valence electrons. The van der Waals surface area contributed by atoms with Crippen molar-refractivity contribution in [2.75, 3.05) is 21.0 Å². The molecule has 0 spiro atoms. The van der Waals surface area contributed by atoms with E-state index in [0.29, 0.717) is 23.0 Å². The molecule has 30 heavy (non-hydrogen) atoms. The number of ether oxygens (including phenoxy) is 4. The summed E-state index contributed by atoms with van der Waals surface area (Å²) in [6.07, 6.45) is 0. The van der Waals surface area contributed by atoms with Gasteiger partial charge < -0.3 is 27.8 Å². The van der Waals surface area contributed by atoms with E-state index in [1.807, 2.05) is 24.3 Å². The summed E-state index contributed by atoms with van der Waals surface area (Å²) in [5, 5.41) is -0.457. The van der Waals surface area contributed by atoms with Crippen molar-refractivity contribution < 1.29 is 27.8 Å². The summed E-state index contributed by atoms with van der Waals surface area (Å²) in [5.74, 6) is 4.08. The average molecular weight is 431 g/mol. The molecule has 6 nitrogen and oxygen atoms in total. The van der Waals surface area contributed by atoms with Gasteiger partial charge in [-0.25, -0.2) is 0 Å². The molecule has 0 radical (unpaired) electrons. The van der Waals surface area contributed by atoms with E-state index in [9.17, 15) is 0 Å². The molecule has 2 heterocycles. The normalized spacial score (nSPS) is 16.5. The highest BCUT2D eigenvalue weighted by molar-refractivity contribution is 6.75. The van der Waals surface area contributed by atoms with E-state index in [-0.39, 0.29) is 16.9 Å². The fraction of sp³-hybridized carbons (Fsp3) is 0.478. The zero-order valence-electron chi connectivity index (χ0n) is 19.0. The fourth-order valence-corrected chi connectivity index (χ4v) is 8.91. The first-order valence-corrected chi connectivity index (χ1v) is 11.9. The second kappa shape index (κ2) is 6.73. The molecule has 0 aromatic heterocycles. The van der Waals surface area contributed by atoms with Crippen LogP contribution in [0.4, 0.5) is 0 Å². The molecule has 2 aromatic carbocycles. The molecule has 0 saturated carbocycles. The first kappa shape index (κ1) is 20.7. The molecule has 0 atom stereocenters. The zero-order valence-corrected chi connectivity index (χ0v) is 20.0. The van der Waals surface area contributed by atoms with Gasteiger partial charge in [0.1, 0.15) is 11.5 Å². The van der Waals surface area contributed by atoms with Gasteiger partial charge in [0.05, 0.1) is 14.2 Å². The van der Waals surface area contributed by atoms with Crippen LogP contribution in [0.2, 0.25) is 10.1 Å². The van der Waals surface area contributed by atoms with Crippen LogP contribution in [-0.2, 0) is 0 Å². The van der Waals surface area contributed by atoms with Gasteiger partial charge in [-0.2, -0.15) is 0 Å². The van der Waals surface area contributed by atoms with Crippen LogP contribution >= 0.6 is 0 Å². The van der Waals surface area contributed by atoms with Gasteiger partial charge in [-0.1, -0.05) is 41.5 Å². The third kappa shape index (κ3) is 2.98. The second-order valence-corrected chi connectivity index (χ2v) is 14.4. The van der Waals surface area contributed by atoms with Gasteiger partial charge in [0.2, 0.25) is 6.79 Å². The van der Waals surface area contributed by atoms with Crippen LogP contribution in [0.1, 0.15) is 41.5 Å². The van der Waals surface area contributed by atoms with Crippen LogP contribution in [-0.4, -0.2) is 29.6 Å². The predicted molar refractivity (Wildman–Crippen MR) is 118 cm³/mol. The molecule has 0 aliphatic carbocycles. The summed E-state index contributed by atoms with van der Waals surface area (Å²) in [7, 11) is 0.326. The van der Waals surface area contributed by atoms with E-state index in [0.717, 1.165) is 22.6 Å². The average Bonchev–Trinajstić information content (AvgIpc) is 3.05. The summed E-state index contributed by atoms with van der Waals surface area (Å²) >= 11 is 0. The van der Waals surface area contributed by atoms with Crippen molar-refractivity contribution in [1.29, 1.82) is 0 Å².